The minimum Gasteiger partial charge on any atom is -0.477 e. The molecule has 100 valence electrons. The highest BCUT2D eigenvalue weighted by Gasteiger charge is 2.14. The molecule has 0 saturated heterocycles. The summed E-state index contributed by atoms with van der Waals surface area (Å²) in [5, 5.41) is 13.4. The Balaban J connectivity index is 2.26. The summed E-state index contributed by atoms with van der Waals surface area (Å²) in [6.07, 6.45) is 0. The predicted octanol–water partition coefficient (Wildman–Crippen LogP) is 2.54. The van der Waals surface area contributed by atoms with Crippen molar-refractivity contribution < 1.29 is 14.3 Å². The number of carbonyl (C=O) groups is 1. The number of carboxylic acid groups (broad SMARTS) is 1. The van der Waals surface area contributed by atoms with Crippen molar-refractivity contribution in [3.05, 3.63) is 53.6 Å². The van der Waals surface area contributed by atoms with Gasteiger partial charge in [0.15, 0.2) is 11.3 Å². The second-order valence-electron chi connectivity index (χ2n) is 4.39. The minimum absolute atomic E-state index is 0.0161. The molecule has 1 N–H and O–H groups in total. The third-order valence-electron chi connectivity index (χ3n) is 2.91. The summed E-state index contributed by atoms with van der Waals surface area (Å²) in [6.45, 7) is 1.76. The first-order valence-corrected chi connectivity index (χ1v) is 5.91. The zero-order chi connectivity index (χ0) is 14.3. The number of aryl methyl sites for hydroxylation is 1. The van der Waals surface area contributed by atoms with Crippen LogP contribution in [-0.4, -0.2) is 25.7 Å². The van der Waals surface area contributed by atoms with Gasteiger partial charge in [0.1, 0.15) is 5.82 Å². The normalized spacial score (nSPS) is 10.9. The van der Waals surface area contributed by atoms with Gasteiger partial charge in [0, 0.05) is 11.6 Å². The van der Waals surface area contributed by atoms with Crippen molar-refractivity contribution in [2.75, 3.05) is 0 Å². The zero-order valence-corrected chi connectivity index (χ0v) is 10.5. The smallest absolute Gasteiger partial charge is 0.354 e. The number of halogens is 1. The van der Waals surface area contributed by atoms with E-state index in [1.54, 1.807) is 25.1 Å². The summed E-state index contributed by atoms with van der Waals surface area (Å²) in [5.74, 6) is -1.45. The van der Waals surface area contributed by atoms with Crippen molar-refractivity contribution >= 4 is 11.6 Å². The lowest BCUT2D eigenvalue weighted by Crippen LogP contribution is -2.08. The van der Waals surface area contributed by atoms with Crippen LogP contribution in [0, 0.1) is 12.7 Å². The molecule has 0 fully saturated rings. The molecule has 3 rings (SSSR count). The van der Waals surface area contributed by atoms with E-state index in [4.69, 9.17) is 0 Å². The van der Waals surface area contributed by atoms with Crippen molar-refractivity contribution in [1.29, 1.82) is 0 Å². The first-order valence-electron chi connectivity index (χ1n) is 5.91. The van der Waals surface area contributed by atoms with Gasteiger partial charge in [0.05, 0.1) is 11.4 Å². The molecular weight excluding hydrogens is 261 g/mol. The van der Waals surface area contributed by atoms with E-state index in [1.165, 1.54) is 22.7 Å². The second kappa shape index (κ2) is 4.41. The van der Waals surface area contributed by atoms with Gasteiger partial charge in [-0.15, -0.1) is 0 Å². The largest absolute Gasteiger partial charge is 0.477 e. The van der Waals surface area contributed by atoms with Crippen LogP contribution in [0.1, 0.15) is 16.2 Å². The summed E-state index contributed by atoms with van der Waals surface area (Å²) in [4.78, 5) is 15.7. The number of aromatic carboxylic acids is 1. The summed E-state index contributed by atoms with van der Waals surface area (Å²) >= 11 is 0. The average molecular weight is 271 g/mol. The van der Waals surface area contributed by atoms with E-state index in [-0.39, 0.29) is 11.5 Å². The number of hydrogen-bond acceptors (Lipinski definition) is 3. The monoisotopic (exact) mass is 271 g/mol. The molecule has 20 heavy (non-hydrogen) atoms. The van der Waals surface area contributed by atoms with Gasteiger partial charge >= 0.3 is 5.97 Å². The maximum Gasteiger partial charge on any atom is 0.354 e. The number of aromatic nitrogens is 3. The molecule has 0 spiro atoms. The van der Waals surface area contributed by atoms with Crippen LogP contribution in [0.3, 0.4) is 0 Å². The Morgan fingerprint density at radius 2 is 1.95 bits per heavy atom. The third-order valence-corrected chi connectivity index (χ3v) is 2.91. The number of benzene rings is 1. The lowest BCUT2D eigenvalue weighted by Gasteiger charge is -2.05. The van der Waals surface area contributed by atoms with Gasteiger partial charge in [-0.1, -0.05) is 0 Å². The molecule has 0 atom stereocenters. The number of hydrogen-bond donors (Lipinski definition) is 1. The van der Waals surface area contributed by atoms with Gasteiger partial charge < -0.3 is 5.11 Å². The summed E-state index contributed by atoms with van der Waals surface area (Å²) in [7, 11) is 0. The van der Waals surface area contributed by atoms with E-state index in [1.807, 2.05) is 0 Å². The SMILES string of the molecule is Cc1cc2nc(-c3ccc(F)cc3)cc(C(=O)O)n2n1. The van der Waals surface area contributed by atoms with Crippen molar-refractivity contribution in [3.63, 3.8) is 0 Å². The number of carboxylic acids is 1. The van der Waals surface area contributed by atoms with Gasteiger partial charge in [-0.3, -0.25) is 0 Å². The van der Waals surface area contributed by atoms with Crippen molar-refractivity contribution in [2.24, 2.45) is 0 Å². The van der Waals surface area contributed by atoms with Gasteiger partial charge in [-0.05, 0) is 37.3 Å². The summed E-state index contributed by atoms with van der Waals surface area (Å²) in [6, 6.07) is 8.85. The lowest BCUT2D eigenvalue weighted by molar-refractivity contribution is 0.0687. The topological polar surface area (TPSA) is 67.5 Å². The number of fused-ring (bicyclic) bond motifs is 1. The highest BCUT2D eigenvalue weighted by molar-refractivity contribution is 5.88. The number of nitrogens with zero attached hydrogens (tertiary/aromatic N) is 3. The zero-order valence-electron chi connectivity index (χ0n) is 10.5. The Hall–Kier alpha value is -2.76. The third kappa shape index (κ3) is 2.01. The maximum absolute atomic E-state index is 12.9. The van der Waals surface area contributed by atoms with Crippen LogP contribution in [0.15, 0.2) is 36.4 Å². The van der Waals surface area contributed by atoms with Crippen LogP contribution < -0.4 is 0 Å². The van der Waals surface area contributed by atoms with Crippen LogP contribution in [0.25, 0.3) is 16.9 Å². The molecule has 6 heteroatoms. The van der Waals surface area contributed by atoms with E-state index < -0.39 is 5.97 Å². The van der Waals surface area contributed by atoms with Gasteiger partial charge in [0.25, 0.3) is 0 Å². The summed E-state index contributed by atoms with van der Waals surface area (Å²) < 4.78 is 14.2. The Bertz CT molecular complexity index is 809. The molecule has 3 aromatic rings. The van der Waals surface area contributed by atoms with Crippen LogP contribution in [0.2, 0.25) is 0 Å². The highest BCUT2D eigenvalue weighted by Crippen LogP contribution is 2.20. The molecule has 0 aliphatic rings. The van der Waals surface area contributed by atoms with E-state index in [0.29, 0.717) is 22.6 Å². The van der Waals surface area contributed by atoms with E-state index >= 15 is 0 Å². The average Bonchev–Trinajstić information content (AvgIpc) is 2.78. The molecule has 0 saturated carbocycles. The van der Waals surface area contributed by atoms with Crippen LogP contribution in [-0.2, 0) is 0 Å². The second-order valence-corrected chi connectivity index (χ2v) is 4.39. The van der Waals surface area contributed by atoms with Crippen LogP contribution >= 0.6 is 0 Å². The summed E-state index contributed by atoms with van der Waals surface area (Å²) in [5.41, 5.74) is 2.26. The predicted molar refractivity (Wildman–Crippen MR) is 70.1 cm³/mol. The highest BCUT2D eigenvalue weighted by atomic mass is 19.1. The molecule has 2 aromatic heterocycles. The van der Waals surface area contributed by atoms with E-state index in [9.17, 15) is 14.3 Å². The molecule has 0 unspecified atom stereocenters. The van der Waals surface area contributed by atoms with E-state index in [2.05, 4.69) is 10.1 Å². The maximum atomic E-state index is 12.9. The molecule has 5 nitrogen and oxygen atoms in total. The Labute approximate surface area is 113 Å². The van der Waals surface area contributed by atoms with Crippen LogP contribution in [0.5, 0.6) is 0 Å². The molecule has 0 amide bonds. The fraction of sp³-hybridized carbons (Fsp3) is 0.0714. The fourth-order valence-corrected chi connectivity index (χ4v) is 2.01. The number of rotatable bonds is 2. The molecule has 2 heterocycles. The molecule has 0 aliphatic heterocycles. The molecule has 0 aliphatic carbocycles. The van der Waals surface area contributed by atoms with Gasteiger partial charge in [-0.2, -0.15) is 5.10 Å². The van der Waals surface area contributed by atoms with Gasteiger partial charge in [0.2, 0.25) is 0 Å². The van der Waals surface area contributed by atoms with Gasteiger partial charge in [-0.25, -0.2) is 18.7 Å². The first kappa shape index (κ1) is 12.3. The quantitative estimate of drug-likeness (QED) is 0.777. The lowest BCUT2D eigenvalue weighted by atomic mass is 10.1. The Kier molecular flexibility index (Phi) is 2.71. The first-order chi connectivity index (χ1) is 9.54. The fourth-order valence-electron chi connectivity index (χ4n) is 2.01. The molecular formula is C14H10FN3O2. The molecule has 0 bridgehead atoms. The molecule has 0 radical (unpaired) electrons. The van der Waals surface area contributed by atoms with Crippen molar-refractivity contribution in [1.82, 2.24) is 14.6 Å². The Morgan fingerprint density at radius 1 is 1.25 bits per heavy atom. The molecule has 1 aromatic carbocycles. The Morgan fingerprint density at radius 3 is 2.60 bits per heavy atom. The standard InChI is InChI=1S/C14H10FN3O2/c1-8-6-13-16-11(9-2-4-10(15)5-3-9)7-12(14(19)20)18(13)17-8/h2-7H,1H3,(H,19,20). The van der Waals surface area contributed by atoms with Crippen molar-refractivity contribution in [3.8, 4) is 11.3 Å². The minimum atomic E-state index is -1.09. The van der Waals surface area contributed by atoms with Crippen molar-refractivity contribution in [2.45, 2.75) is 6.92 Å². The van der Waals surface area contributed by atoms with E-state index in [0.717, 1.165) is 0 Å². The van der Waals surface area contributed by atoms with Crippen LogP contribution in [0.4, 0.5) is 4.39 Å².